The molecule has 0 unspecified atom stereocenters. The molecule has 3 aromatic heterocycles. The second-order valence-electron chi connectivity index (χ2n) is 16.7. The number of para-hydroxylation sites is 6. The first kappa shape index (κ1) is 38.9. The lowest BCUT2D eigenvalue weighted by Gasteiger charge is -2.31. The minimum absolute atomic E-state index is 0.205. The van der Waals surface area contributed by atoms with Gasteiger partial charge in [-0.2, -0.15) is 0 Å². The number of hydrogen-bond donors (Lipinski definition) is 0. The van der Waals surface area contributed by atoms with Gasteiger partial charge >= 0.3 is 14.0 Å². The average molecular weight is 877 g/mol. The number of hydrogen-bond acceptors (Lipinski definition) is 9. The summed E-state index contributed by atoms with van der Waals surface area (Å²) in [5.41, 5.74) is 13.2. The van der Waals surface area contributed by atoms with Gasteiger partial charge < -0.3 is 19.2 Å². The number of benzene rings is 8. The molecule has 314 valence electrons. The van der Waals surface area contributed by atoms with E-state index >= 15 is 0 Å². The van der Waals surface area contributed by atoms with Crippen molar-refractivity contribution in [2.24, 2.45) is 0 Å². The zero-order valence-corrected chi connectivity index (χ0v) is 36.9. The first-order chi connectivity index (χ1) is 33.2. The molecule has 0 atom stereocenters. The summed E-state index contributed by atoms with van der Waals surface area (Å²) < 4.78 is 2.49. The van der Waals surface area contributed by atoms with Crippen molar-refractivity contribution in [1.82, 2.24) is 19.9 Å². The average Bonchev–Trinajstić information content (AvgIpc) is 4.07. The lowest BCUT2D eigenvalue weighted by atomic mass is 9.63. The second-order valence-corrected chi connectivity index (χ2v) is 17.8. The second kappa shape index (κ2) is 16.2. The van der Waals surface area contributed by atoms with Crippen LogP contribution in [-0.4, -0.2) is 33.9 Å². The van der Waals surface area contributed by atoms with Crippen LogP contribution in [0.25, 0.3) is 42.9 Å². The van der Waals surface area contributed by atoms with Gasteiger partial charge in [-0.25, -0.2) is 19.9 Å². The molecule has 13 rings (SSSR count). The molecule has 0 aliphatic carbocycles. The zero-order chi connectivity index (χ0) is 44.3. The molecule has 67 heavy (non-hydrogen) atoms. The highest BCUT2D eigenvalue weighted by Crippen LogP contribution is 2.49. The Morgan fingerprint density at radius 2 is 0.672 bits per heavy atom. The molecule has 0 saturated carbocycles. The summed E-state index contributed by atoms with van der Waals surface area (Å²) in [7, 11) is 0. The van der Waals surface area contributed by atoms with E-state index in [0.717, 1.165) is 56.6 Å². The molecule has 2 aliphatic heterocycles. The first-order valence-electron chi connectivity index (χ1n) is 22.4. The summed E-state index contributed by atoms with van der Waals surface area (Å²) in [6, 6.07) is 74.0. The molecule has 0 fully saturated rings. The van der Waals surface area contributed by atoms with Crippen LogP contribution in [0, 0.1) is 0 Å². The molecular weight excluding hydrogens is 838 g/mol. The fourth-order valence-electron chi connectivity index (χ4n) is 10.0. The summed E-state index contributed by atoms with van der Waals surface area (Å²) in [5.74, 6) is 1.39. The highest BCUT2D eigenvalue weighted by molar-refractivity contribution is 7.25. The highest BCUT2D eigenvalue weighted by atomic mass is 32.1. The van der Waals surface area contributed by atoms with Crippen LogP contribution in [0.15, 0.2) is 231 Å². The van der Waals surface area contributed by atoms with Gasteiger partial charge in [-0.15, -0.1) is 11.3 Å². The minimum Gasteiger partial charge on any atom is -0.360 e. The van der Waals surface area contributed by atoms with Crippen LogP contribution in [0.4, 0.5) is 45.5 Å². The van der Waals surface area contributed by atoms with Crippen LogP contribution in [0.2, 0.25) is 0 Å². The molecule has 8 aromatic carbocycles. The molecule has 0 amide bonds. The molecule has 2 aliphatic rings. The lowest BCUT2D eigenvalue weighted by Crippen LogP contribution is -2.53. The Hall–Kier alpha value is -8.53. The Balaban J connectivity index is 0.988. The number of fused-ring (bicyclic) bond motifs is 5. The smallest absolute Gasteiger partial charge is 0.360 e. The predicted molar refractivity (Wildman–Crippen MR) is 279 cm³/mol. The van der Waals surface area contributed by atoms with Gasteiger partial charge in [0.15, 0.2) is 11.6 Å². The van der Waals surface area contributed by atoms with E-state index in [4.69, 9.17) is 0 Å². The lowest BCUT2D eigenvalue weighted by molar-refractivity contribution is 1.17. The molecule has 0 spiro atoms. The molecule has 0 saturated heterocycles. The maximum Gasteiger partial charge on any atom is 0.420 e. The minimum atomic E-state index is -0.205. The Morgan fingerprint density at radius 1 is 0.313 bits per heavy atom. The summed E-state index contributed by atoms with van der Waals surface area (Å²) in [5, 5.41) is 2.46. The van der Waals surface area contributed by atoms with E-state index in [1.165, 1.54) is 31.1 Å². The van der Waals surface area contributed by atoms with E-state index < -0.39 is 0 Å². The number of aromatic nitrogens is 4. The van der Waals surface area contributed by atoms with Gasteiger partial charge in [0.05, 0.1) is 22.7 Å². The van der Waals surface area contributed by atoms with Gasteiger partial charge in [-0.1, -0.05) is 109 Å². The van der Waals surface area contributed by atoms with Gasteiger partial charge in [0.2, 0.25) is 0 Å². The van der Waals surface area contributed by atoms with Crippen LogP contribution in [0.5, 0.6) is 0 Å². The zero-order valence-electron chi connectivity index (χ0n) is 36.1. The Labute approximate surface area is 393 Å². The van der Waals surface area contributed by atoms with Crippen molar-refractivity contribution in [3.8, 4) is 22.8 Å². The molecular formula is C56H38B2N8S. The third-order valence-corrected chi connectivity index (χ3v) is 14.0. The van der Waals surface area contributed by atoms with Crippen molar-refractivity contribution in [3.05, 3.63) is 231 Å². The number of rotatable bonds is 8. The Bertz CT molecular complexity index is 3360. The Morgan fingerprint density at radius 3 is 1.07 bits per heavy atom. The van der Waals surface area contributed by atoms with Crippen molar-refractivity contribution in [2.45, 2.75) is 0 Å². The van der Waals surface area contributed by atoms with Gasteiger partial charge in [0.1, 0.15) is 0 Å². The van der Waals surface area contributed by atoms with E-state index in [2.05, 4.69) is 233 Å². The van der Waals surface area contributed by atoms with Crippen molar-refractivity contribution in [2.75, 3.05) is 19.2 Å². The number of anilines is 8. The fourth-order valence-corrected chi connectivity index (χ4v) is 11.1. The van der Waals surface area contributed by atoms with Crippen LogP contribution in [-0.2, 0) is 0 Å². The molecule has 5 heterocycles. The van der Waals surface area contributed by atoms with Crippen molar-refractivity contribution >= 4 is 102 Å². The van der Waals surface area contributed by atoms with Gasteiger partial charge in [-0.3, -0.25) is 0 Å². The standard InChI is InChI=1S/C56H38B2N8S/c1-3-17-43(18-4-1)63-49-23-7-9-25-51(49)65(45-21-11-15-39(35-45)55-59-31-13-32-60-55)57(63)41-27-29-53-47(37-41)48-38-42(28-30-54(48)67-53)58-64(44-19-5-2-6-20-44)50-24-8-10-26-52(50)66(58)46-22-12-16-40(36-46)56-61-33-14-34-62-56/h1-38H. The van der Waals surface area contributed by atoms with E-state index in [9.17, 15) is 0 Å². The summed E-state index contributed by atoms with van der Waals surface area (Å²) in [6.07, 6.45) is 7.19. The van der Waals surface area contributed by atoms with E-state index in [1.807, 2.05) is 23.5 Å². The normalized spacial score (nSPS) is 13.2. The van der Waals surface area contributed by atoms with Crippen molar-refractivity contribution in [3.63, 3.8) is 0 Å². The summed E-state index contributed by atoms with van der Waals surface area (Å²) in [6.45, 7) is -0.410. The topological polar surface area (TPSA) is 64.5 Å². The maximum atomic E-state index is 4.62. The third kappa shape index (κ3) is 6.62. The van der Waals surface area contributed by atoms with Gasteiger partial charge in [-0.05, 0) is 119 Å². The largest absolute Gasteiger partial charge is 0.420 e. The molecule has 0 bridgehead atoms. The van der Waals surface area contributed by atoms with E-state index in [0.29, 0.717) is 11.6 Å². The summed E-state index contributed by atoms with van der Waals surface area (Å²) in [4.78, 5) is 28.3. The fraction of sp³-hybridized carbons (Fsp3) is 0. The van der Waals surface area contributed by atoms with Crippen LogP contribution in [0.1, 0.15) is 0 Å². The summed E-state index contributed by atoms with van der Waals surface area (Å²) >= 11 is 1.84. The van der Waals surface area contributed by atoms with E-state index in [1.54, 1.807) is 24.8 Å². The monoisotopic (exact) mass is 876 g/mol. The van der Waals surface area contributed by atoms with Crippen molar-refractivity contribution in [1.29, 1.82) is 0 Å². The van der Waals surface area contributed by atoms with Crippen LogP contribution < -0.4 is 30.2 Å². The quantitative estimate of drug-likeness (QED) is 0.140. The maximum absolute atomic E-state index is 4.62. The van der Waals surface area contributed by atoms with Crippen LogP contribution >= 0.6 is 11.3 Å². The molecule has 11 aromatic rings. The molecule has 0 N–H and O–H groups in total. The van der Waals surface area contributed by atoms with E-state index in [-0.39, 0.29) is 14.0 Å². The predicted octanol–water partition coefficient (Wildman–Crippen LogP) is 12.3. The number of thiophene rings is 1. The Kier molecular flexibility index (Phi) is 9.38. The highest BCUT2D eigenvalue weighted by Gasteiger charge is 2.45. The molecule has 11 heteroatoms. The van der Waals surface area contributed by atoms with Gasteiger partial charge in [0, 0.05) is 68.1 Å². The van der Waals surface area contributed by atoms with Gasteiger partial charge in [0.25, 0.3) is 0 Å². The van der Waals surface area contributed by atoms with Crippen molar-refractivity contribution < 1.29 is 0 Å². The third-order valence-electron chi connectivity index (χ3n) is 12.9. The molecule has 0 radical (unpaired) electrons. The van der Waals surface area contributed by atoms with Crippen LogP contribution in [0.3, 0.4) is 0 Å². The molecule has 8 nitrogen and oxygen atoms in total. The number of nitrogens with zero attached hydrogens (tertiary/aromatic N) is 8. The first-order valence-corrected chi connectivity index (χ1v) is 23.2. The SMILES string of the molecule is c1ccc(N2B(c3ccc4sc5ccc(B6N(c7ccccc7)c7ccccc7N6c6cccc(-c7ncccn7)c6)cc5c4c3)N(c3cccc(-c4ncccn4)c3)c3ccccc32)cc1.